The molecule has 17 heavy (non-hydrogen) atoms. The van der Waals surface area contributed by atoms with Gasteiger partial charge in [-0.15, -0.1) is 6.58 Å². The van der Waals surface area contributed by atoms with Gasteiger partial charge in [0.05, 0.1) is 17.7 Å². The number of alkyl halides is 3. The molecule has 0 aliphatic heterocycles. The Morgan fingerprint density at radius 2 is 1.88 bits per heavy atom. The highest BCUT2D eigenvalue weighted by Gasteiger charge is 2.30. The van der Waals surface area contributed by atoms with Gasteiger partial charge >= 0.3 is 12.1 Å². The van der Waals surface area contributed by atoms with Crippen molar-refractivity contribution < 1.29 is 22.7 Å². The van der Waals surface area contributed by atoms with Crippen LogP contribution in [0, 0.1) is 0 Å². The Bertz CT molecular complexity index is 393. The van der Waals surface area contributed by atoms with Crippen LogP contribution in [-0.4, -0.2) is 12.6 Å². The van der Waals surface area contributed by atoms with Crippen LogP contribution in [0.25, 0.3) is 0 Å². The van der Waals surface area contributed by atoms with Crippen LogP contribution >= 0.6 is 0 Å². The molecule has 1 rings (SSSR count). The predicted molar refractivity (Wildman–Crippen MR) is 56.5 cm³/mol. The highest BCUT2D eigenvalue weighted by atomic mass is 19.4. The van der Waals surface area contributed by atoms with E-state index in [9.17, 15) is 18.0 Å². The lowest BCUT2D eigenvalue weighted by molar-refractivity contribution is -0.137. The van der Waals surface area contributed by atoms with Crippen LogP contribution in [0.15, 0.2) is 36.9 Å². The largest absolute Gasteiger partial charge is 0.462 e. The molecule has 0 bridgehead atoms. The molecule has 0 N–H and O–H groups in total. The number of carbonyl (C=O) groups excluding carboxylic acids is 1. The van der Waals surface area contributed by atoms with Gasteiger partial charge in [-0.05, 0) is 30.7 Å². The lowest BCUT2D eigenvalue weighted by Crippen LogP contribution is -2.08. The van der Waals surface area contributed by atoms with Crippen LogP contribution in [0.3, 0.4) is 0 Å². The van der Waals surface area contributed by atoms with E-state index in [2.05, 4.69) is 6.58 Å². The molecule has 0 atom stereocenters. The number of carbonyl (C=O) groups is 1. The second kappa shape index (κ2) is 5.52. The van der Waals surface area contributed by atoms with Gasteiger partial charge in [-0.1, -0.05) is 6.08 Å². The van der Waals surface area contributed by atoms with E-state index in [0.29, 0.717) is 6.42 Å². The summed E-state index contributed by atoms with van der Waals surface area (Å²) in [6, 6.07) is 3.90. The molecular formula is C12H11F3O2. The first kappa shape index (κ1) is 13.3. The van der Waals surface area contributed by atoms with Crippen molar-refractivity contribution in [1.82, 2.24) is 0 Å². The van der Waals surface area contributed by atoms with Gasteiger partial charge in [-0.25, -0.2) is 4.79 Å². The molecule has 0 unspecified atom stereocenters. The molecule has 92 valence electrons. The summed E-state index contributed by atoms with van der Waals surface area (Å²) in [4.78, 5) is 11.3. The number of ether oxygens (including phenoxy) is 1. The minimum atomic E-state index is -4.40. The number of hydrogen-bond acceptors (Lipinski definition) is 2. The Morgan fingerprint density at radius 1 is 1.29 bits per heavy atom. The van der Waals surface area contributed by atoms with Crippen molar-refractivity contribution in [3.8, 4) is 0 Å². The van der Waals surface area contributed by atoms with Gasteiger partial charge in [0.15, 0.2) is 0 Å². The number of benzene rings is 1. The zero-order chi connectivity index (χ0) is 12.9. The Balaban J connectivity index is 2.67. The minimum absolute atomic E-state index is 0.0991. The third-order valence-corrected chi connectivity index (χ3v) is 2.00. The average molecular weight is 244 g/mol. The lowest BCUT2D eigenvalue weighted by Gasteiger charge is -2.07. The number of rotatable bonds is 4. The zero-order valence-corrected chi connectivity index (χ0v) is 8.96. The number of hydrogen-bond donors (Lipinski definition) is 0. The first-order valence-corrected chi connectivity index (χ1v) is 4.90. The second-order valence-corrected chi connectivity index (χ2v) is 3.29. The van der Waals surface area contributed by atoms with Crippen LogP contribution in [0.5, 0.6) is 0 Å². The lowest BCUT2D eigenvalue weighted by atomic mass is 10.1. The van der Waals surface area contributed by atoms with Crippen molar-refractivity contribution in [2.45, 2.75) is 12.6 Å². The first-order chi connectivity index (χ1) is 7.95. The molecule has 0 aliphatic rings. The maximum atomic E-state index is 12.2. The van der Waals surface area contributed by atoms with Crippen molar-refractivity contribution in [2.24, 2.45) is 0 Å². The van der Waals surface area contributed by atoms with Crippen molar-refractivity contribution in [3.05, 3.63) is 48.0 Å². The monoisotopic (exact) mass is 244 g/mol. The van der Waals surface area contributed by atoms with Crippen LogP contribution in [-0.2, 0) is 10.9 Å². The Kier molecular flexibility index (Phi) is 4.31. The number of halogens is 3. The third kappa shape index (κ3) is 3.94. The smallest absolute Gasteiger partial charge is 0.416 e. The quantitative estimate of drug-likeness (QED) is 0.460. The first-order valence-electron chi connectivity index (χ1n) is 4.90. The van der Waals surface area contributed by atoms with E-state index in [0.717, 1.165) is 24.3 Å². The summed E-state index contributed by atoms with van der Waals surface area (Å²) >= 11 is 0. The molecule has 0 fully saturated rings. The molecular weight excluding hydrogens is 233 g/mol. The van der Waals surface area contributed by atoms with Crippen LogP contribution in [0.4, 0.5) is 13.2 Å². The fourth-order valence-corrected chi connectivity index (χ4v) is 1.11. The average Bonchev–Trinajstić information content (AvgIpc) is 2.28. The van der Waals surface area contributed by atoms with Gasteiger partial charge in [0, 0.05) is 0 Å². The maximum absolute atomic E-state index is 12.2. The van der Waals surface area contributed by atoms with E-state index in [1.165, 1.54) is 0 Å². The SMILES string of the molecule is C=CCCOC(=O)c1ccc(C(F)(F)F)cc1. The van der Waals surface area contributed by atoms with Crippen molar-refractivity contribution in [1.29, 1.82) is 0 Å². The van der Waals surface area contributed by atoms with E-state index in [1.807, 2.05) is 0 Å². The molecule has 1 aromatic rings. The minimum Gasteiger partial charge on any atom is -0.462 e. The summed E-state index contributed by atoms with van der Waals surface area (Å²) in [6.07, 6.45) is -2.31. The standard InChI is InChI=1S/C12H11F3O2/c1-2-3-8-17-11(16)9-4-6-10(7-5-9)12(13,14)15/h2,4-7H,1,3,8H2. The third-order valence-electron chi connectivity index (χ3n) is 2.00. The van der Waals surface area contributed by atoms with Gasteiger partial charge < -0.3 is 4.74 Å². The Morgan fingerprint density at radius 3 is 2.35 bits per heavy atom. The fourth-order valence-electron chi connectivity index (χ4n) is 1.11. The van der Waals surface area contributed by atoms with E-state index >= 15 is 0 Å². The molecule has 0 saturated heterocycles. The molecule has 5 heteroatoms. The Labute approximate surface area is 96.7 Å². The summed E-state index contributed by atoms with van der Waals surface area (Å²) in [7, 11) is 0. The van der Waals surface area contributed by atoms with Crippen molar-refractivity contribution in [2.75, 3.05) is 6.61 Å². The topological polar surface area (TPSA) is 26.3 Å². The molecule has 0 amide bonds. The zero-order valence-electron chi connectivity index (χ0n) is 8.96. The second-order valence-electron chi connectivity index (χ2n) is 3.29. The summed E-state index contributed by atoms with van der Waals surface area (Å²) in [6.45, 7) is 3.62. The number of esters is 1. The molecule has 0 spiro atoms. The molecule has 0 aromatic heterocycles. The van der Waals surface area contributed by atoms with Gasteiger partial charge in [0.1, 0.15) is 0 Å². The molecule has 0 radical (unpaired) electrons. The van der Waals surface area contributed by atoms with Crippen LogP contribution in [0.2, 0.25) is 0 Å². The summed E-state index contributed by atoms with van der Waals surface area (Å²) in [5.41, 5.74) is -0.692. The van der Waals surface area contributed by atoms with Gasteiger partial charge in [0.2, 0.25) is 0 Å². The molecule has 0 aliphatic carbocycles. The molecule has 2 nitrogen and oxygen atoms in total. The summed E-state index contributed by atoms with van der Waals surface area (Å²) in [5.74, 6) is -0.638. The molecule has 0 saturated carbocycles. The normalized spacial score (nSPS) is 11.0. The van der Waals surface area contributed by atoms with Gasteiger partial charge in [0.25, 0.3) is 0 Å². The van der Waals surface area contributed by atoms with Crippen molar-refractivity contribution >= 4 is 5.97 Å². The summed E-state index contributed by atoms with van der Waals surface area (Å²) in [5, 5.41) is 0. The van der Waals surface area contributed by atoms with Crippen molar-refractivity contribution in [3.63, 3.8) is 0 Å². The fraction of sp³-hybridized carbons (Fsp3) is 0.250. The van der Waals surface area contributed by atoms with Crippen LogP contribution < -0.4 is 0 Å². The van der Waals surface area contributed by atoms with E-state index in [1.54, 1.807) is 6.08 Å². The maximum Gasteiger partial charge on any atom is 0.416 e. The van der Waals surface area contributed by atoms with E-state index < -0.39 is 17.7 Å². The Hall–Kier alpha value is -1.78. The molecule has 0 heterocycles. The highest BCUT2D eigenvalue weighted by molar-refractivity contribution is 5.89. The molecule has 1 aromatic carbocycles. The predicted octanol–water partition coefficient (Wildman–Crippen LogP) is 3.44. The van der Waals surface area contributed by atoms with Crippen LogP contribution in [0.1, 0.15) is 22.3 Å². The van der Waals surface area contributed by atoms with Gasteiger partial charge in [-0.3, -0.25) is 0 Å². The van der Waals surface area contributed by atoms with E-state index in [4.69, 9.17) is 4.74 Å². The van der Waals surface area contributed by atoms with E-state index in [-0.39, 0.29) is 12.2 Å². The highest BCUT2D eigenvalue weighted by Crippen LogP contribution is 2.29. The summed E-state index contributed by atoms with van der Waals surface area (Å²) < 4.78 is 41.5. The van der Waals surface area contributed by atoms with Gasteiger partial charge in [-0.2, -0.15) is 13.2 Å².